The lowest BCUT2D eigenvalue weighted by Crippen LogP contribution is -2.26. The van der Waals surface area contributed by atoms with Gasteiger partial charge in [-0.3, -0.25) is 4.57 Å². The van der Waals surface area contributed by atoms with Crippen LogP contribution in [0.15, 0.2) is 53.3 Å². The van der Waals surface area contributed by atoms with Gasteiger partial charge in [-0.05, 0) is 40.7 Å². The predicted octanol–water partition coefficient (Wildman–Crippen LogP) is 3.94. The van der Waals surface area contributed by atoms with Gasteiger partial charge in [0.05, 0.1) is 6.54 Å². The normalized spacial score (nSPS) is 11.4. The number of H-pyrrole nitrogens is 1. The number of nitrogens with zero attached hydrogens (tertiary/aromatic N) is 6. The first-order valence-corrected chi connectivity index (χ1v) is 11.2. The Kier molecular flexibility index (Phi) is 6.58. The van der Waals surface area contributed by atoms with E-state index in [-0.39, 0.29) is 5.69 Å². The Bertz CT molecular complexity index is 1200. The van der Waals surface area contributed by atoms with Crippen LogP contribution in [0.2, 0.25) is 0 Å². The first-order chi connectivity index (χ1) is 15.6. The standard InChI is InChI=1S/C24H29N7O/c1-4-15-31-24(32)30(22(27-31)14-9-17(2)3)16-18-10-12-19(13-11-18)20-7-5-6-8-21(20)23-25-28-29-26-23/h5-8,10-13,17H,4,9,14-16H2,1-3H3,(H,25,26,28,29). The summed E-state index contributed by atoms with van der Waals surface area (Å²) in [6, 6.07) is 16.3. The highest BCUT2D eigenvalue weighted by atomic mass is 16.2. The molecule has 2 aromatic carbocycles. The topological polar surface area (TPSA) is 94.3 Å². The van der Waals surface area contributed by atoms with E-state index in [0.29, 0.717) is 24.8 Å². The number of tetrazole rings is 1. The lowest BCUT2D eigenvalue weighted by molar-refractivity contribution is 0.551. The third kappa shape index (κ3) is 4.69. The Morgan fingerprint density at radius 2 is 1.78 bits per heavy atom. The van der Waals surface area contributed by atoms with Crippen molar-refractivity contribution in [3.63, 3.8) is 0 Å². The quantitative estimate of drug-likeness (QED) is 0.433. The van der Waals surface area contributed by atoms with Crippen LogP contribution < -0.4 is 5.69 Å². The molecule has 0 unspecified atom stereocenters. The van der Waals surface area contributed by atoms with Gasteiger partial charge < -0.3 is 0 Å². The number of aromatic nitrogens is 7. The van der Waals surface area contributed by atoms with E-state index in [2.05, 4.69) is 70.8 Å². The molecular weight excluding hydrogens is 402 g/mol. The molecule has 0 spiro atoms. The summed E-state index contributed by atoms with van der Waals surface area (Å²) in [5.74, 6) is 1.99. The van der Waals surface area contributed by atoms with Crippen molar-refractivity contribution in [1.29, 1.82) is 0 Å². The van der Waals surface area contributed by atoms with Crippen molar-refractivity contribution in [2.24, 2.45) is 5.92 Å². The smallest absolute Gasteiger partial charge is 0.274 e. The van der Waals surface area contributed by atoms with E-state index in [4.69, 9.17) is 0 Å². The van der Waals surface area contributed by atoms with E-state index in [1.807, 2.05) is 28.8 Å². The molecule has 4 rings (SSSR count). The fourth-order valence-electron chi connectivity index (χ4n) is 3.78. The zero-order chi connectivity index (χ0) is 22.5. The first-order valence-electron chi connectivity index (χ1n) is 11.2. The summed E-state index contributed by atoms with van der Waals surface area (Å²) in [5, 5.41) is 19.0. The summed E-state index contributed by atoms with van der Waals surface area (Å²) in [5.41, 5.74) is 4.04. The van der Waals surface area contributed by atoms with E-state index < -0.39 is 0 Å². The molecule has 166 valence electrons. The maximum absolute atomic E-state index is 12.9. The third-order valence-corrected chi connectivity index (χ3v) is 5.50. The predicted molar refractivity (Wildman–Crippen MR) is 124 cm³/mol. The number of hydrogen-bond donors (Lipinski definition) is 1. The van der Waals surface area contributed by atoms with Crippen molar-refractivity contribution in [2.45, 2.75) is 53.1 Å². The van der Waals surface area contributed by atoms with Gasteiger partial charge in [0, 0.05) is 18.5 Å². The number of nitrogens with one attached hydrogen (secondary N) is 1. The Balaban J connectivity index is 1.61. The van der Waals surface area contributed by atoms with E-state index in [1.165, 1.54) is 0 Å². The summed E-state index contributed by atoms with van der Waals surface area (Å²) < 4.78 is 3.42. The molecule has 8 nitrogen and oxygen atoms in total. The van der Waals surface area contributed by atoms with Crippen LogP contribution in [0.3, 0.4) is 0 Å². The molecule has 0 aliphatic rings. The molecule has 0 saturated heterocycles. The van der Waals surface area contributed by atoms with Crippen LogP contribution in [0.1, 0.15) is 45.0 Å². The van der Waals surface area contributed by atoms with Gasteiger partial charge in [0.2, 0.25) is 5.82 Å². The summed E-state index contributed by atoms with van der Waals surface area (Å²) in [6.45, 7) is 7.60. The molecule has 0 aliphatic carbocycles. The zero-order valence-electron chi connectivity index (χ0n) is 18.8. The van der Waals surface area contributed by atoms with Gasteiger partial charge in [-0.1, -0.05) is 69.3 Å². The number of benzene rings is 2. The molecule has 2 heterocycles. The largest absolute Gasteiger partial charge is 0.346 e. The minimum absolute atomic E-state index is 0.0304. The maximum Gasteiger partial charge on any atom is 0.346 e. The van der Waals surface area contributed by atoms with Gasteiger partial charge in [-0.25, -0.2) is 9.48 Å². The summed E-state index contributed by atoms with van der Waals surface area (Å²) in [4.78, 5) is 12.9. The Hall–Kier alpha value is -3.55. The van der Waals surface area contributed by atoms with Crippen molar-refractivity contribution in [2.75, 3.05) is 0 Å². The Morgan fingerprint density at radius 1 is 1.03 bits per heavy atom. The molecule has 0 saturated carbocycles. The van der Waals surface area contributed by atoms with Gasteiger partial charge in [-0.2, -0.15) is 10.3 Å². The van der Waals surface area contributed by atoms with Crippen LogP contribution in [0, 0.1) is 5.92 Å². The number of hydrogen-bond acceptors (Lipinski definition) is 5. The molecule has 32 heavy (non-hydrogen) atoms. The van der Waals surface area contributed by atoms with Crippen molar-refractivity contribution in [1.82, 2.24) is 35.0 Å². The minimum atomic E-state index is -0.0304. The van der Waals surface area contributed by atoms with Crippen LogP contribution in [-0.4, -0.2) is 35.0 Å². The van der Waals surface area contributed by atoms with E-state index in [0.717, 1.165) is 47.3 Å². The van der Waals surface area contributed by atoms with Crippen LogP contribution in [-0.2, 0) is 19.5 Å². The van der Waals surface area contributed by atoms with Gasteiger partial charge in [0.15, 0.2) is 0 Å². The minimum Gasteiger partial charge on any atom is -0.274 e. The maximum atomic E-state index is 12.9. The molecule has 0 radical (unpaired) electrons. The second-order valence-corrected chi connectivity index (χ2v) is 8.42. The molecule has 0 amide bonds. The average molecular weight is 432 g/mol. The number of aryl methyl sites for hydroxylation is 2. The molecule has 4 aromatic rings. The summed E-state index contributed by atoms with van der Waals surface area (Å²) >= 11 is 0. The average Bonchev–Trinajstić information content (AvgIpc) is 3.43. The van der Waals surface area contributed by atoms with E-state index in [9.17, 15) is 4.79 Å². The monoisotopic (exact) mass is 431 g/mol. The summed E-state index contributed by atoms with van der Waals surface area (Å²) in [7, 11) is 0. The van der Waals surface area contributed by atoms with Crippen molar-refractivity contribution >= 4 is 0 Å². The fraction of sp³-hybridized carbons (Fsp3) is 0.375. The Labute approximate surface area is 187 Å². The molecule has 0 aliphatic heterocycles. The van der Waals surface area contributed by atoms with Crippen molar-refractivity contribution in [3.8, 4) is 22.5 Å². The Morgan fingerprint density at radius 3 is 2.44 bits per heavy atom. The number of aromatic amines is 1. The van der Waals surface area contributed by atoms with Crippen LogP contribution in [0.5, 0.6) is 0 Å². The molecule has 1 N–H and O–H groups in total. The molecule has 0 bridgehead atoms. The molecule has 2 aromatic heterocycles. The second-order valence-electron chi connectivity index (χ2n) is 8.42. The number of rotatable bonds is 9. The van der Waals surface area contributed by atoms with Gasteiger partial charge >= 0.3 is 5.69 Å². The van der Waals surface area contributed by atoms with Gasteiger partial charge in [0.1, 0.15) is 5.82 Å². The van der Waals surface area contributed by atoms with Crippen LogP contribution >= 0.6 is 0 Å². The highest BCUT2D eigenvalue weighted by molar-refractivity contribution is 5.80. The second kappa shape index (κ2) is 9.72. The molecule has 8 heteroatoms. The molecule has 0 fully saturated rings. The molecule has 0 atom stereocenters. The lowest BCUT2D eigenvalue weighted by Gasteiger charge is -2.10. The SMILES string of the molecule is CCCn1nc(CCC(C)C)n(Cc2ccc(-c3ccccc3-c3nn[nH]n3)cc2)c1=O. The van der Waals surface area contributed by atoms with Crippen molar-refractivity contribution < 1.29 is 0 Å². The summed E-state index contributed by atoms with van der Waals surface area (Å²) in [6.07, 6.45) is 2.70. The van der Waals surface area contributed by atoms with Gasteiger partial charge in [0.25, 0.3) is 0 Å². The van der Waals surface area contributed by atoms with Crippen molar-refractivity contribution in [3.05, 3.63) is 70.4 Å². The first kappa shape index (κ1) is 21.7. The van der Waals surface area contributed by atoms with E-state index >= 15 is 0 Å². The van der Waals surface area contributed by atoms with E-state index in [1.54, 1.807) is 4.68 Å². The third-order valence-electron chi connectivity index (χ3n) is 5.50. The molecular formula is C24H29N7O. The van der Waals surface area contributed by atoms with Crippen LogP contribution in [0.25, 0.3) is 22.5 Å². The van der Waals surface area contributed by atoms with Gasteiger partial charge in [-0.15, -0.1) is 10.2 Å². The fourth-order valence-corrected chi connectivity index (χ4v) is 3.78. The van der Waals surface area contributed by atoms with Crippen LogP contribution in [0.4, 0.5) is 0 Å². The highest BCUT2D eigenvalue weighted by Gasteiger charge is 2.15. The lowest BCUT2D eigenvalue weighted by atomic mass is 9.98. The zero-order valence-corrected chi connectivity index (χ0v) is 18.8. The highest BCUT2D eigenvalue weighted by Crippen LogP contribution is 2.29.